The van der Waals surface area contributed by atoms with Crippen molar-refractivity contribution in [3.05, 3.63) is 30.1 Å². The maximum atomic E-state index is 11.1. The van der Waals surface area contributed by atoms with Crippen molar-refractivity contribution in [2.45, 2.75) is 26.2 Å². The zero-order valence-electron chi connectivity index (χ0n) is 9.80. The Bertz CT molecular complexity index is 377. The van der Waals surface area contributed by atoms with Gasteiger partial charge in [0.15, 0.2) is 0 Å². The lowest BCUT2D eigenvalue weighted by Gasteiger charge is -2.04. The minimum Gasteiger partial charge on any atom is -0.466 e. The molecule has 0 amide bonds. The zero-order chi connectivity index (χ0) is 12.5. The van der Waals surface area contributed by atoms with Crippen molar-refractivity contribution in [3.63, 3.8) is 0 Å². The molecule has 92 valence electrons. The first-order valence-corrected chi connectivity index (χ1v) is 5.55. The van der Waals surface area contributed by atoms with Crippen LogP contribution in [0.1, 0.15) is 31.7 Å². The van der Waals surface area contributed by atoms with E-state index in [0.717, 1.165) is 5.56 Å². The summed E-state index contributed by atoms with van der Waals surface area (Å²) >= 11 is 0. The second kappa shape index (κ2) is 7.38. The van der Waals surface area contributed by atoms with Gasteiger partial charge in [-0.05, 0) is 31.9 Å². The van der Waals surface area contributed by atoms with Crippen molar-refractivity contribution >= 4 is 11.7 Å². The predicted molar refractivity (Wildman–Crippen MR) is 63.0 cm³/mol. The van der Waals surface area contributed by atoms with Crippen molar-refractivity contribution < 1.29 is 14.7 Å². The van der Waals surface area contributed by atoms with Gasteiger partial charge in [-0.2, -0.15) is 0 Å². The highest BCUT2D eigenvalue weighted by Crippen LogP contribution is 2.07. The Hall–Kier alpha value is -1.91. The van der Waals surface area contributed by atoms with Crippen LogP contribution in [-0.2, 0) is 9.53 Å². The van der Waals surface area contributed by atoms with E-state index in [4.69, 9.17) is 9.94 Å². The van der Waals surface area contributed by atoms with E-state index < -0.39 is 0 Å². The van der Waals surface area contributed by atoms with Gasteiger partial charge in [0.25, 0.3) is 0 Å². The van der Waals surface area contributed by atoms with Crippen LogP contribution in [0.3, 0.4) is 0 Å². The fourth-order valence-corrected chi connectivity index (χ4v) is 1.42. The Labute approximate surface area is 100 Å². The molecule has 1 heterocycles. The van der Waals surface area contributed by atoms with E-state index in [1.807, 2.05) is 6.07 Å². The van der Waals surface area contributed by atoms with Gasteiger partial charge in [0, 0.05) is 24.4 Å². The van der Waals surface area contributed by atoms with Crippen molar-refractivity contribution in [2.75, 3.05) is 6.61 Å². The average molecular weight is 236 g/mol. The molecular weight excluding hydrogens is 220 g/mol. The molecule has 0 aromatic carbocycles. The third kappa shape index (κ3) is 4.63. The number of aromatic nitrogens is 1. The number of hydrogen-bond acceptors (Lipinski definition) is 5. The molecule has 0 saturated carbocycles. The number of nitrogens with zero attached hydrogens (tertiary/aromatic N) is 2. The molecule has 5 heteroatoms. The summed E-state index contributed by atoms with van der Waals surface area (Å²) in [5.41, 5.74) is 1.29. The summed E-state index contributed by atoms with van der Waals surface area (Å²) in [5.74, 6) is -0.226. The van der Waals surface area contributed by atoms with Crippen molar-refractivity contribution in [3.8, 4) is 0 Å². The Balaban J connectivity index is 2.42. The minimum atomic E-state index is -0.226. The Morgan fingerprint density at radius 2 is 2.35 bits per heavy atom. The van der Waals surface area contributed by atoms with E-state index in [-0.39, 0.29) is 5.97 Å². The standard InChI is InChI=1S/C12H16N2O3/c1-2-17-12(15)7-3-6-11(14-16)10-5-4-8-13-9-10/h4-5,8-9,16H,2-3,6-7H2,1H3/b14-11+. The number of carbonyl (C=O) groups is 1. The molecule has 1 N–H and O–H groups in total. The zero-order valence-corrected chi connectivity index (χ0v) is 9.80. The van der Waals surface area contributed by atoms with E-state index in [9.17, 15) is 4.79 Å². The predicted octanol–water partition coefficient (Wildman–Crippen LogP) is 1.99. The summed E-state index contributed by atoms with van der Waals surface area (Å²) in [6.45, 7) is 2.16. The van der Waals surface area contributed by atoms with Crippen LogP contribution in [0.4, 0.5) is 0 Å². The number of hydrogen-bond donors (Lipinski definition) is 1. The summed E-state index contributed by atoms with van der Waals surface area (Å²) in [6, 6.07) is 3.58. The summed E-state index contributed by atoms with van der Waals surface area (Å²) < 4.78 is 4.81. The summed E-state index contributed by atoms with van der Waals surface area (Å²) in [6.07, 6.45) is 4.71. The van der Waals surface area contributed by atoms with Gasteiger partial charge >= 0.3 is 5.97 Å². The smallest absolute Gasteiger partial charge is 0.305 e. The minimum absolute atomic E-state index is 0.226. The van der Waals surface area contributed by atoms with Crippen LogP contribution >= 0.6 is 0 Å². The fraction of sp³-hybridized carbons (Fsp3) is 0.417. The molecule has 0 aliphatic heterocycles. The number of esters is 1. The quantitative estimate of drug-likeness (QED) is 0.355. The number of carbonyl (C=O) groups excluding carboxylic acids is 1. The molecule has 1 rings (SSSR count). The second-order valence-electron chi connectivity index (χ2n) is 3.45. The van der Waals surface area contributed by atoms with Gasteiger partial charge in [-0.25, -0.2) is 0 Å². The van der Waals surface area contributed by atoms with Crippen LogP contribution in [0.5, 0.6) is 0 Å². The molecule has 1 aromatic heterocycles. The third-order valence-corrected chi connectivity index (χ3v) is 2.22. The first kappa shape index (κ1) is 13.2. The van der Waals surface area contributed by atoms with Crippen molar-refractivity contribution in [2.24, 2.45) is 5.16 Å². The summed E-state index contributed by atoms with van der Waals surface area (Å²) in [4.78, 5) is 15.1. The van der Waals surface area contributed by atoms with Crippen molar-refractivity contribution in [1.82, 2.24) is 4.98 Å². The lowest BCUT2D eigenvalue weighted by Crippen LogP contribution is -2.06. The largest absolute Gasteiger partial charge is 0.466 e. The molecule has 0 spiro atoms. The Morgan fingerprint density at radius 3 is 2.94 bits per heavy atom. The van der Waals surface area contributed by atoms with E-state index in [0.29, 0.717) is 31.6 Å². The van der Waals surface area contributed by atoms with Gasteiger partial charge in [0.2, 0.25) is 0 Å². The molecule has 0 aliphatic rings. The van der Waals surface area contributed by atoms with Crippen LogP contribution in [-0.4, -0.2) is 28.5 Å². The highest BCUT2D eigenvalue weighted by molar-refractivity contribution is 5.99. The summed E-state index contributed by atoms with van der Waals surface area (Å²) in [7, 11) is 0. The molecule has 0 aliphatic carbocycles. The van der Waals surface area contributed by atoms with E-state index in [1.54, 1.807) is 25.4 Å². The first-order chi connectivity index (χ1) is 8.27. The second-order valence-corrected chi connectivity index (χ2v) is 3.45. The lowest BCUT2D eigenvalue weighted by atomic mass is 10.1. The molecule has 0 atom stereocenters. The summed E-state index contributed by atoms with van der Waals surface area (Å²) in [5, 5.41) is 12.1. The normalized spacial score (nSPS) is 11.2. The molecule has 0 radical (unpaired) electrons. The first-order valence-electron chi connectivity index (χ1n) is 5.55. The van der Waals surface area contributed by atoms with Gasteiger partial charge < -0.3 is 9.94 Å². The highest BCUT2D eigenvalue weighted by Gasteiger charge is 2.07. The van der Waals surface area contributed by atoms with Gasteiger partial charge in [0.05, 0.1) is 12.3 Å². The van der Waals surface area contributed by atoms with E-state index >= 15 is 0 Å². The van der Waals surface area contributed by atoms with E-state index in [2.05, 4.69) is 10.1 Å². The van der Waals surface area contributed by atoms with Gasteiger partial charge in [0.1, 0.15) is 0 Å². The molecule has 17 heavy (non-hydrogen) atoms. The molecular formula is C12H16N2O3. The molecule has 1 aromatic rings. The molecule has 0 unspecified atom stereocenters. The van der Waals surface area contributed by atoms with Crippen LogP contribution in [0.15, 0.2) is 29.7 Å². The molecule has 0 bridgehead atoms. The topological polar surface area (TPSA) is 71.8 Å². The van der Waals surface area contributed by atoms with Crippen molar-refractivity contribution in [1.29, 1.82) is 0 Å². The highest BCUT2D eigenvalue weighted by atomic mass is 16.5. The van der Waals surface area contributed by atoms with E-state index in [1.165, 1.54) is 0 Å². The van der Waals surface area contributed by atoms with Crippen LogP contribution in [0.25, 0.3) is 0 Å². The Morgan fingerprint density at radius 1 is 1.53 bits per heavy atom. The van der Waals surface area contributed by atoms with Gasteiger partial charge in [-0.3, -0.25) is 9.78 Å². The molecule has 0 fully saturated rings. The fourth-order valence-electron chi connectivity index (χ4n) is 1.42. The maximum absolute atomic E-state index is 11.1. The Kier molecular flexibility index (Phi) is 5.71. The number of rotatable bonds is 6. The molecule has 5 nitrogen and oxygen atoms in total. The van der Waals surface area contributed by atoms with Crippen LogP contribution in [0, 0.1) is 0 Å². The lowest BCUT2D eigenvalue weighted by molar-refractivity contribution is -0.143. The van der Waals surface area contributed by atoms with Gasteiger partial charge in [-0.15, -0.1) is 0 Å². The third-order valence-electron chi connectivity index (χ3n) is 2.22. The number of oxime groups is 1. The number of ether oxygens (including phenoxy) is 1. The maximum Gasteiger partial charge on any atom is 0.305 e. The van der Waals surface area contributed by atoms with Crippen LogP contribution in [0.2, 0.25) is 0 Å². The average Bonchev–Trinajstić information content (AvgIpc) is 2.36. The monoisotopic (exact) mass is 236 g/mol. The van der Waals surface area contributed by atoms with Crippen LogP contribution < -0.4 is 0 Å². The molecule has 0 saturated heterocycles. The van der Waals surface area contributed by atoms with Gasteiger partial charge in [-0.1, -0.05) is 5.16 Å². The number of pyridine rings is 1. The SMILES string of the molecule is CCOC(=O)CCC/C(=N\O)c1cccnc1.